The van der Waals surface area contributed by atoms with Gasteiger partial charge in [0.05, 0.1) is 23.2 Å². The van der Waals surface area contributed by atoms with Crippen molar-refractivity contribution >= 4 is 33.2 Å². The van der Waals surface area contributed by atoms with Gasteiger partial charge >= 0.3 is 0 Å². The van der Waals surface area contributed by atoms with Gasteiger partial charge in [-0.15, -0.1) is 0 Å². The standard InChI is InChI=1S/C27H31N3O5S/c1-5-19(2)28-27(32)24-13-9-10-14-25(24)29-26(31)20(3)30(36(4,33)34)21-15-17-23(18-16-21)35-22-11-7-6-8-12-22/h6-20H,5H2,1-4H3,(H,28,32)(H,29,31)/t19-,20+/m1/s1. The number of hydrogen-bond donors (Lipinski definition) is 2. The Balaban J connectivity index is 1.81. The number of nitrogens with one attached hydrogen (secondary N) is 2. The maximum Gasteiger partial charge on any atom is 0.253 e. The first kappa shape index (κ1) is 26.7. The average molecular weight is 510 g/mol. The highest BCUT2D eigenvalue weighted by atomic mass is 32.2. The van der Waals surface area contributed by atoms with Crippen LogP contribution in [0.4, 0.5) is 11.4 Å². The van der Waals surface area contributed by atoms with Crippen LogP contribution in [0.3, 0.4) is 0 Å². The zero-order valence-electron chi connectivity index (χ0n) is 20.8. The minimum atomic E-state index is -3.82. The molecule has 0 saturated heterocycles. The first-order valence-corrected chi connectivity index (χ1v) is 13.5. The van der Waals surface area contributed by atoms with E-state index in [-0.39, 0.29) is 11.9 Å². The Morgan fingerprint density at radius 1 is 0.889 bits per heavy atom. The van der Waals surface area contributed by atoms with Gasteiger partial charge in [-0.1, -0.05) is 37.3 Å². The number of anilines is 2. The Kier molecular flexibility index (Phi) is 8.71. The number of para-hydroxylation sites is 2. The van der Waals surface area contributed by atoms with E-state index in [0.717, 1.165) is 17.0 Å². The van der Waals surface area contributed by atoms with Crippen molar-refractivity contribution in [1.29, 1.82) is 0 Å². The van der Waals surface area contributed by atoms with Crippen molar-refractivity contribution < 1.29 is 22.7 Å². The van der Waals surface area contributed by atoms with E-state index in [2.05, 4.69) is 10.6 Å². The molecule has 3 aromatic rings. The Bertz CT molecular complexity index is 1290. The average Bonchev–Trinajstić information content (AvgIpc) is 2.85. The lowest BCUT2D eigenvalue weighted by Gasteiger charge is -2.28. The smallest absolute Gasteiger partial charge is 0.253 e. The number of rotatable bonds is 10. The van der Waals surface area contributed by atoms with Gasteiger partial charge in [0, 0.05) is 6.04 Å². The van der Waals surface area contributed by atoms with Crippen LogP contribution in [-0.2, 0) is 14.8 Å². The van der Waals surface area contributed by atoms with Crippen LogP contribution in [0.15, 0.2) is 78.9 Å². The summed E-state index contributed by atoms with van der Waals surface area (Å²) in [5.41, 5.74) is 0.908. The fourth-order valence-corrected chi connectivity index (χ4v) is 4.70. The van der Waals surface area contributed by atoms with Crippen LogP contribution < -0.4 is 19.7 Å². The van der Waals surface area contributed by atoms with Gasteiger partial charge in [0.1, 0.15) is 17.5 Å². The third kappa shape index (κ3) is 6.85. The normalized spacial score (nSPS) is 12.8. The Morgan fingerprint density at radius 3 is 2.08 bits per heavy atom. The lowest BCUT2D eigenvalue weighted by atomic mass is 10.1. The van der Waals surface area contributed by atoms with Crippen LogP contribution >= 0.6 is 0 Å². The van der Waals surface area contributed by atoms with Gasteiger partial charge in [-0.05, 0) is 68.8 Å². The summed E-state index contributed by atoms with van der Waals surface area (Å²) in [5.74, 6) is 0.279. The zero-order chi connectivity index (χ0) is 26.3. The third-order valence-corrected chi connectivity index (χ3v) is 6.82. The van der Waals surface area contributed by atoms with Crippen LogP contribution in [0.2, 0.25) is 0 Å². The molecule has 0 fully saturated rings. The summed E-state index contributed by atoms with van der Waals surface area (Å²) in [5, 5.41) is 5.59. The van der Waals surface area contributed by atoms with Gasteiger partial charge < -0.3 is 15.4 Å². The summed E-state index contributed by atoms with van der Waals surface area (Å²) in [6.45, 7) is 5.34. The van der Waals surface area contributed by atoms with E-state index in [1.807, 2.05) is 44.2 Å². The molecule has 3 aromatic carbocycles. The second-order valence-electron chi connectivity index (χ2n) is 8.46. The van der Waals surface area contributed by atoms with E-state index in [9.17, 15) is 18.0 Å². The van der Waals surface area contributed by atoms with E-state index in [1.165, 1.54) is 6.92 Å². The topological polar surface area (TPSA) is 105 Å². The number of sulfonamides is 1. The molecular formula is C27H31N3O5S. The molecule has 2 atom stereocenters. The minimum absolute atomic E-state index is 0.0326. The van der Waals surface area contributed by atoms with Gasteiger partial charge in [0.25, 0.3) is 5.91 Å². The number of nitrogens with zero attached hydrogens (tertiary/aromatic N) is 1. The highest BCUT2D eigenvalue weighted by molar-refractivity contribution is 7.92. The number of amides is 2. The first-order valence-electron chi connectivity index (χ1n) is 11.6. The lowest BCUT2D eigenvalue weighted by molar-refractivity contribution is -0.116. The molecule has 0 saturated carbocycles. The summed E-state index contributed by atoms with van der Waals surface area (Å²) in [6.07, 6.45) is 1.80. The summed E-state index contributed by atoms with van der Waals surface area (Å²) >= 11 is 0. The maximum atomic E-state index is 13.2. The Morgan fingerprint density at radius 2 is 1.47 bits per heavy atom. The molecule has 190 valence electrons. The molecule has 0 aliphatic rings. The van der Waals surface area contributed by atoms with Crippen molar-refractivity contribution in [3.05, 3.63) is 84.4 Å². The maximum absolute atomic E-state index is 13.2. The Hall–Kier alpha value is -3.85. The van der Waals surface area contributed by atoms with E-state index >= 15 is 0 Å². The van der Waals surface area contributed by atoms with Gasteiger partial charge in [0.15, 0.2) is 0 Å². The number of ether oxygens (including phenoxy) is 1. The third-order valence-electron chi connectivity index (χ3n) is 5.58. The summed E-state index contributed by atoms with van der Waals surface area (Å²) < 4.78 is 32.2. The van der Waals surface area contributed by atoms with Crippen molar-refractivity contribution in [3.63, 3.8) is 0 Å². The first-order chi connectivity index (χ1) is 17.1. The molecular weight excluding hydrogens is 478 g/mol. The Labute approximate surface area is 212 Å². The van der Waals surface area contributed by atoms with Crippen LogP contribution in [0, 0.1) is 0 Å². The number of carbonyl (C=O) groups is 2. The number of carbonyl (C=O) groups excluding carboxylic acids is 2. The van der Waals surface area contributed by atoms with Crippen LogP contribution in [0.1, 0.15) is 37.6 Å². The van der Waals surface area contributed by atoms with Crippen molar-refractivity contribution in [1.82, 2.24) is 5.32 Å². The molecule has 2 amide bonds. The second kappa shape index (κ2) is 11.7. The number of benzene rings is 3. The van der Waals surface area contributed by atoms with Crippen molar-refractivity contribution in [2.24, 2.45) is 0 Å². The molecule has 0 aliphatic heterocycles. The van der Waals surface area contributed by atoms with Gasteiger partial charge in [-0.2, -0.15) is 0 Å². The fraction of sp³-hybridized carbons (Fsp3) is 0.259. The number of hydrogen-bond acceptors (Lipinski definition) is 5. The van der Waals surface area contributed by atoms with Gasteiger partial charge in [-0.25, -0.2) is 8.42 Å². The van der Waals surface area contributed by atoms with Gasteiger partial charge in [0.2, 0.25) is 15.9 Å². The van der Waals surface area contributed by atoms with E-state index in [1.54, 1.807) is 48.5 Å². The zero-order valence-corrected chi connectivity index (χ0v) is 21.6. The predicted octanol–water partition coefficient (Wildman–Crippen LogP) is 4.80. The summed E-state index contributed by atoms with van der Waals surface area (Å²) in [6, 6.07) is 21.1. The minimum Gasteiger partial charge on any atom is -0.457 e. The molecule has 0 heterocycles. The predicted molar refractivity (Wildman–Crippen MR) is 142 cm³/mol. The summed E-state index contributed by atoms with van der Waals surface area (Å²) in [4.78, 5) is 25.8. The van der Waals surface area contributed by atoms with Crippen LogP contribution in [-0.4, -0.2) is 38.6 Å². The fourth-order valence-electron chi connectivity index (χ4n) is 3.53. The SMILES string of the molecule is CC[C@@H](C)NC(=O)c1ccccc1NC(=O)[C@H](C)N(c1ccc(Oc2ccccc2)cc1)S(C)(=O)=O. The monoisotopic (exact) mass is 509 g/mol. The van der Waals surface area contributed by atoms with Gasteiger partial charge in [-0.3, -0.25) is 13.9 Å². The second-order valence-corrected chi connectivity index (χ2v) is 10.3. The van der Waals surface area contributed by atoms with Crippen molar-refractivity contribution in [2.75, 3.05) is 15.9 Å². The van der Waals surface area contributed by atoms with Crippen LogP contribution in [0.25, 0.3) is 0 Å². The summed E-state index contributed by atoms with van der Waals surface area (Å²) in [7, 11) is -3.82. The largest absolute Gasteiger partial charge is 0.457 e. The molecule has 0 spiro atoms. The quantitative estimate of drug-likeness (QED) is 0.409. The van der Waals surface area contributed by atoms with E-state index in [0.29, 0.717) is 28.4 Å². The van der Waals surface area contributed by atoms with E-state index < -0.39 is 22.0 Å². The van der Waals surface area contributed by atoms with Crippen LogP contribution in [0.5, 0.6) is 11.5 Å². The molecule has 3 rings (SSSR count). The highest BCUT2D eigenvalue weighted by Crippen LogP contribution is 2.27. The molecule has 9 heteroatoms. The molecule has 8 nitrogen and oxygen atoms in total. The highest BCUT2D eigenvalue weighted by Gasteiger charge is 2.30. The molecule has 36 heavy (non-hydrogen) atoms. The van der Waals surface area contributed by atoms with Crippen molar-refractivity contribution in [3.8, 4) is 11.5 Å². The molecule has 0 unspecified atom stereocenters. The van der Waals surface area contributed by atoms with Crippen molar-refractivity contribution in [2.45, 2.75) is 39.3 Å². The molecule has 0 bridgehead atoms. The molecule has 0 aliphatic carbocycles. The van der Waals surface area contributed by atoms with E-state index in [4.69, 9.17) is 4.74 Å². The lowest BCUT2D eigenvalue weighted by Crippen LogP contribution is -2.45. The molecule has 0 aromatic heterocycles. The molecule has 2 N–H and O–H groups in total. The molecule has 0 radical (unpaired) electrons.